The number of aliphatic hydroxyl groups excluding tert-OH is 3. The first kappa shape index (κ1) is 100. The fraction of sp³-hybridized carbons (Fsp3) is 0.291. The maximum Gasteiger partial charge on any atom is 0.248 e. The Balaban J connectivity index is 0.000000159. The Morgan fingerprint density at radius 1 is 0.304 bits per heavy atom. The third kappa shape index (κ3) is 30.2. The summed E-state index contributed by atoms with van der Waals surface area (Å²) in [5.41, 5.74) is 12.4. The summed E-state index contributed by atoms with van der Waals surface area (Å²) >= 11 is 0. The Hall–Kier alpha value is -13.7. The number of rotatable bonds is 38. The summed E-state index contributed by atoms with van der Waals surface area (Å²) in [4.78, 5) is 59.0. The molecule has 8 atom stereocenters. The van der Waals surface area contributed by atoms with Gasteiger partial charge in [-0.3, -0.25) is 19.2 Å². The number of hydrogen-bond acceptors (Lipinski definition) is 21. The zero-order valence-electron chi connectivity index (χ0n) is 78.0. The summed E-state index contributed by atoms with van der Waals surface area (Å²) in [6, 6.07) is 89.7. The second-order valence-electron chi connectivity index (χ2n) is 33.4. The van der Waals surface area contributed by atoms with Crippen molar-refractivity contribution >= 4 is 43.6 Å². The van der Waals surface area contributed by atoms with E-state index in [2.05, 4.69) is 81.0 Å². The SMILES string of the molecule is C1CCOC1.COc1ccc(CC(C)NCC(O)c2ccc(OCc3ccccc3)c3[nH]c(=O)ccc23)cc1.COc1ccc(C[C@H](C)NC[C@H](O)c2ccc(O)c3[nH]c(=O)ccc23)cc1.COc1ccc(C[C@H](C)NC[C@H](O)c2ccc(OCc3ccccc3)c3[nH]c(=O)ccc23)cc1.COc1ccc(C[C@H](C)NC[C@H](OC)c2ccc(OCc3ccccc3)c3[nH]c(=O)ccc23)cc1. The molecule has 1 aliphatic rings. The van der Waals surface area contributed by atoms with Gasteiger partial charge in [0.25, 0.3) is 0 Å². The highest BCUT2D eigenvalue weighted by molar-refractivity contribution is 5.90. The normalized spacial score (nSPS) is 13.4. The molecular formula is C110H124N8O17. The molecule has 5 heterocycles. The molecule has 12 N–H and O–H groups in total. The molecule has 135 heavy (non-hydrogen) atoms. The molecule has 1 saturated heterocycles. The molecule has 11 aromatic carbocycles. The standard InChI is InChI=1S/C29H32N2O4.2C28H30N2O4.C21H24N2O4.C4H8O/c1-20(17-21-9-11-23(33-2)12-10-21)30-18-27(34-3)24-13-15-26(29-25(24)14-16-28(32)31-29)35-19-22-7-5-4-6-8-22;2*1-19(16-20-8-10-22(33-2)11-9-20)29-17-25(31)23-12-14-26(28-24(23)13-15-27(32)30-28)34-18-21-6-4-3-5-7-21;1-13(11-14-3-5-15(27-2)6-4-14)22-12-19(25)16-7-9-18(24)21-17(16)8-10-20(26)23-21;1-2-4-5-3-1/h4-16,20,27,30H,17-19H2,1-3H3,(H,31,32);2*3-15,19,25,29,31H,16-18H2,1-2H3,(H,30,32);3-10,13,19,22,24-25H,11-12H2,1-2H3,(H,23,26);1-4H2/t20-,27-;19-,25-;;13-,19-;/m00.0./s1. The maximum absolute atomic E-state index is 12.1. The van der Waals surface area contributed by atoms with Crippen LogP contribution in [0.3, 0.4) is 0 Å². The topological polar surface area (TPSA) is 344 Å². The van der Waals surface area contributed by atoms with E-state index in [0.717, 1.165) is 111 Å². The molecule has 706 valence electrons. The lowest BCUT2D eigenvalue weighted by atomic mass is 10.0. The fourth-order valence-electron chi connectivity index (χ4n) is 15.9. The van der Waals surface area contributed by atoms with Crippen LogP contribution in [-0.2, 0) is 55.0 Å². The summed E-state index contributed by atoms with van der Waals surface area (Å²) in [6.45, 7) is 13.4. The monoisotopic (exact) mass is 1830 g/mol. The number of benzene rings is 11. The number of hydrogen-bond donors (Lipinski definition) is 12. The number of nitrogens with one attached hydrogen (secondary N) is 8. The molecule has 0 aliphatic carbocycles. The van der Waals surface area contributed by atoms with Gasteiger partial charge in [0.2, 0.25) is 22.2 Å². The minimum Gasteiger partial charge on any atom is -0.506 e. The first-order chi connectivity index (χ1) is 65.6. The molecule has 1 fully saturated rings. The number of aromatic amines is 4. The van der Waals surface area contributed by atoms with E-state index in [4.69, 9.17) is 42.6 Å². The van der Waals surface area contributed by atoms with Crippen molar-refractivity contribution in [3.63, 3.8) is 0 Å². The highest BCUT2D eigenvalue weighted by Gasteiger charge is 2.23. The van der Waals surface area contributed by atoms with Crippen molar-refractivity contribution in [1.82, 2.24) is 41.2 Å². The molecule has 1 aliphatic heterocycles. The van der Waals surface area contributed by atoms with Crippen molar-refractivity contribution in [3.8, 4) is 46.0 Å². The van der Waals surface area contributed by atoms with Crippen LogP contribution in [0.15, 0.2) is 304 Å². The Bertz CT molecular complexity index is 6220. The number of aromatic nitrogens is 4. The van der Waals surface area contributed by atoms with Crippen LogP contribution in [-0.4, -0.2) is 139 Å². The smallest absolute Gasteiger partial charge is 0.248 e. The highest BCUT2D eigenvalue weighted by atomic mass is 16.5. The van der Waals surface area contributed by atoms with Gasteiger partial charge < -0.3 is 104 Å². The summed E-state index contributed by atoms with van der Waals surface area (Å²) in [6.07, 6.45) is 3.49. The van der Waals surface area contributed by atoms with Crippen molar-refractivity contribution in [2.24, 2.45) is 0 Å². The van der Waals surface area contributed by atoms with Crippen molar-refractivity contribution < 1.29 is 63.1 Å². The third-order valence-corrected chi connectivity index (χ3v) is 23.3. The van der Waals surface area contributed by atoms with Crippen LogP contribution in [0.25, 0.3) is 43.6 Å². The van der Waals surface area contributed by atoms with Crippen molar-refractivity contribution in [2.45, 2.75) is 135 Å². The largest absolute Gasteiger partial charge is 0.506 e. The number of phenols is 1. The molecule has 0 spiro atoms. The van der Waals surface area contributed by atoms with E-state index in [-0.39, 0.29) is 58.3 Å². The molecule has 0 amide bonds. The first-order valence-corrected chi connectivity index (χ1v) is 45.5. The Morgan fingerprint density at radius 3 is 0.852 bits per heavy atom. The summed E-state index contributed by atoms with van der Waals surface area (Å²) in [5.74, 6) is 5.13. The Morgan fingerprint density at radius 2 is 0.570 bits per heavy atom. The summed E-state index contributed by atoms with van der Waals surface area (Å²) < 4.78 is 49.7. The zero-order valence-corrected chi connectivity index (χ0v) is 78.0. The van der Waals surface area contributed by atoms with Gasteiger partial charge in [0.15, 0.2) is 0 Å². The molecule has 4 aromatic heterocycles. The summed E-state index contributed by atoms with van der Waals surface area (Å²) in [5, 5.41) is 59.3. The Kier molecular flexibility index (Phi) is 38.3. The third-order valence-electron chi connectivity index (χ3n) is 23.3. The van der Waals surface area contributed by atoms with Crippen LogP contribution in [0, 0.1) is 0 Å². The minimum atomic E-state index is -0.766. The van der Waals surface area contributed by atoms with Gasteiger partial charge in [-0.15, -0.1) is 0 Å². The number of H-pyrrole nitrogens is 4. The lowest BCUT2D eigenvalue weighted by Gasteiger charge is -2.22. The van der Waals surface area contributed by atoms with Crippen LogP contribution < -0.4 is 76.7 Å². The van der Waals surface area contributed by atoms with Crippen molar-refractivity contribution in [1.29, 1.82) is 0 Å². The fourth-order valence-corrected chi connectivity index (χ4v) is 15.9. The van der Waals surface area contributed by atoms with Crippen LogP contribution in [0.2, 0.25) is 0 Å². The zero-order chi connectivity index (χ0) is 95.4. The molecule has 25 nitrogen and oxygen atoms in total. The number of ether oxygens (including phenoxy) is 9. The molecule has 0 bridgehead atoms. The van der Waals surface area contributed by atoms with E-state index in [1.165, 1.54) is 59.4 Å². The molecule has 0 radical (unpaired) electrons. The number of methoxy groups -OCH3 is 5. The maximum atomic E-state index is 12.1. The molecule has 2 unspecified atom stereocenters. The molecule has 25 heteroatoms. The van der Waals surface area contributed by atoms with Gasteiger partial charge in [0, 0.05) is 116 Å². The second kappa shape index (κ2) is 51.5. The quantitative estimate of drug-likeness (QED) is 0.0171. The van der Waals surface area contributed by atoms with Gasteiger partial charge in [0.05, 0.1) is 74.9 Å². The number of phenolic OH excluding ortho intramolecular Hbond substituents is 1. The lowest BCUT2D eigenvalue weighted by Crippen LogP contribution is -2.32. The predicted octanol–water partition coefficient (Wildman–Crippen LogP) is 17.1. The van der Waals surface area contributed by atoms with Crippen LogP contribution in [0.4, 0.5) is 0 Å². The second-order valence-corrected chi connectivity index (χ2v) is 33.4. The number of pyridine rings is 4. The van der Waals surface area contributed by atoms with E-state index < -0.39 is 18.3 Å². The van der Waals surface area contributed by atoms with E-state index in [9.17, 15) is 39.6 Å². The Labute approximate surface area is 786 Å². The minimum absolute atomic E-state index is 0.0144. The van der Waals surface area contributed by atoms with E-state index in [1.54, 1.807) is 78.0 Å². The van der Waals surface area contributed by atoms with Gasteiger partial charge in [-0.1, -0.05) is 164 Å². The molecule has 16 rings (SSSR count). The summed E-state index contributed by atoms with van der Waals surface area (Å²) in [7, 11) is 8.33. The van der Waals surface area contributed by atoms with E-state index in [1.807, 2.05) is 206 Å². The molecule has 0 saturated carbocycles. The van der Waals surface area contributed by atoms with Crippen LogP contribution >= 0.6 is 0 Å². The van der Waals surface area contributed by atoms with Gasteiger partial charge >= 0.3 is 0 Å². The lowest BCUT2D eigenvalue weighted by molar-refractivity contribution is 0.101. The average Bonchev–Trinajstić information content (AvgIpc) is 1.67. The molecule has 15 aromatic rings. The first-order valence-electron chi connectivity index (χ1n) is 45.5. The van der Waals surface area contributed by atoms with Gasteiger partial charge in [-0.2, -0.15) is 0 Å². The van der Waals surface area contributed by atoms with Gasteiger partial charge in [0.1, 0.15) is 65.8 Å². The highest BCUT2D eigenvalue weighted by Crippen LogP contribution is 2.36. The van der Waals surface area contributed by atoms with Gasteiger partial charge in [-0.05, 0) is 224 Å². The number of fused-ring (bicyclic) bond motifs is 4. The van der Waals surface area contributed by atoms with Crippen molar-refractivity contribution in [2.75, 3.05) is 74.9 Å². The van der Waals surface area contributed by atoms with Crippen molar-refractivity contribution in [3.05, 3.63) is 388 Å². The van der Waals surface area contributed by atoms with E-state index >= 15 is 0 Å². The van der Waals surface area contributed by atoms with E-state index in [0.29, 0.717) is 96.3 Å². The number of aromatic hydroxyl groups is 1. The van der Waals surface area contributed by atoms with Gasteiger partial charge in [-0.25, -0.2) is 0 Å². The average molecular weight is 1830 g/mol. The van der Waals surface area contributed by atoms with Crippen LogP contribution in [0.1, 0.15) is 126 Å². The number of aliphatic hydroxyl groups is 3. The predicted molar refractivity (Wildman–Crippen MR) is 534 cm³/mol. The molecular weight excluding hydrogens is 1710 g/mol. The van der Waals surface area contributed by atoms with Crippen LogP contribution in [0.5, 0.6) is 46.0 Å².